The van der Waals surface area contributed by atoms with Gasteiger partial charge >= 0.3 is 5.97 Å². The highest BCUT2D eigenvalue weighted by Crippen LogP contribution is 2.35. The molecule has 0 saturated carbocycles. The van der Waals surface area contributed by atoms with Gasteiger partial charge in [0.2, 0.25) is 0 Å². The molecule has 1 N–H and O–H groups in total. The van der Waals surface area contributed by atoms with Gasteiger partial charge in [-0.1, -0.05) is 13.0 Å². The molecule has 3 rings (SSSR count). The van der Waals surface area contributed by atoms with E-state index in [-0.39, 0.29) is 5.56 Å². The Balaban J connectivity index is 2.11. The highest BCUT2D eigenvalue weighted by Gasteiger charge is 2.19. The molecule has 6 nitrogen and oxygen atoms in total. The molecule has 0 saturated heterocycles. The van der Waals surface area contributed by atoms with E-state index >= 15 is 0 Å². The first kappa shape index (κ1) is 16.1. The van der Waals surface area contributed by atoms with Crippen molar-refractivity contribution in [3.8, 4) is 17.0 Å². The van der Waals surface area contributed by atoms with Crippen molar-refractivity contribution >= 4 is 11.7 Å². The number of hydrogen-bond donors (Lipinski definition) is 1. The molecule has 0 atom stereocenters. The summed E-state index contributed by atoms with van der Waals surface area (Å²) in [6.45, 7) is 3.45. The van der Waals surface area contributed by atoms with E-state index in [0.717, 1.165) is 29.1 Å². The number of H-pyrrole nitrogens is 1. The minimum atomic E-state index is -0.632. The van der Waals surface area contributed by atoms with Crippen molar-refractivity contribution in [1.82, 2.24) is 4.98 Å². The maximum absolute atomic E-state index is 12.2. The fourth-order valence-electron chi connectivity index (χ4n) is 2.88. The molecule has 0 amide bonds. The zero-order valence-electron chi connectivity index (χ0n) is 14.0. The summed E-state index contributed by atoms with van der Waals surface area (Å²) in [5.41, 5.74) is 3.02. The Morgan fingerprint density at radius 3 is 2.88 bits per heavy atom. The second kappa shape index (κ2) is 6.39. The molecule has 0 fully saturated rings. The number of likely N-dealkylation sites (N-methyl/N-ethyl adjacent to an activating group) is 1. The van der Waals surface area contributed by atoms with E-state index in [0.29, 0.717) is 18.7 Å². The monoisotopic (exact) mass is 328 g/mol. The highest BCUT2D eigenvalue weighted by molar-refractivity contribution is 5.89. The van der Waals surface area contributed by atoms with E-state index in [4.69, 9.17) is 4.74 Å². The minimum Gasteiger partial charge on any atom is -0.490 e. The standard InChI is InChI=1S/C18H20N2O4/c1-4-11-9-13(18(22)23-3)17(21)19-16(11)12-5-6-14-15(10-12)24-8-7-20(14)2/h5-6,9-10H,4,7-8H2,1-3H3,(H,19,21). The lowest BCUT2D eigenvalue weighted by Crippen LogP contribution is -2.28. The Morgan fingerprint density at radius 1 is 1.38 bits per heavy atom. The van der Waals surface area contributed by atoms with Gasteiger partial charge < -0.3 is 19.4 Å². The number of aromatic nitrogens is 1. The molecule has 1 aliphatic rings. The van der Waals surface area contributed by atoms with Crippen LogP contribution in [0.25, 0.3) is 11.3 Å². The predicted octanol–water partition coefficient (Wildman–Crippen LogP) is 2.22. The Morgan fingerprint density at radius 2 is 2.17 bits per heavy atom. The minimum absolute atomic E-state index is 0.0204. The van der Waals surface area contributed by atoms with Crippen LogP contribution in [0.15, 0.2) is 29.1 Å². The largest absolute Gasteiger partial charge is 0.490 e. The first-order valence-corrected chi connectivity index (χ1v) is 7.88. The van der Waals surface area contributed by atoms with E-state index in [9.17, 15) is 9.59 Å². The maximum Gasteiger partial charge on any atom is 0.343 e. The summed E-state index contributed by atoms with van der Waals surface area (Å²) in [7, 11) is 3.28. The van der Waals surface area contributed by atoms with Gasteiger partial charge in [-0.25, -0.2) is 4.79 Å². The van der Waals surface area contributed by atoms with Crippen molar-refractivity contribution < 1.29 is 14.3 Å². The number of fused-ring (bicyclic) bond motifs is 1. The Kier molecular flexibility index (Phi) is 4.29. The van der Waals surface area contributed by atoms with Crippen molar-refractivity contribution in [1.29, 1.82) is 0 Å². The number of ether oxygens (including phenoxy) is 2. The van der Waals surface area contributed by atoms with Crippen LogP contribution in [0.4, 0.5) is 5.69 Å². The molecule has 0 unspecified atom stereocenters. The lowest BCUT2D eigenvalue weighted by Gasteiger charge is -2.28. The van der Waals surface area contributed by atoms with E-state index < -0.39 is 11.5 Å². The average molecular weight is 328 g/mol. The molecular weight excluding hydrogens is 308 g/mol. The third kappa shape index (κ3) is 2.75. The van der Waals surface area contributed by atoms with Crippen LogP contribution in [0.3, 0.4) is 0 Å². The fourth-order valence-corrected chi connectivity index (χ4v) is 2.88. The van der Waals surface area contributed by atoms with Crippen molar-refractivity contribution in [2.75, 3.05) is 32.2 Å². The third-order valence-electron chi connectivity index (χ3n) is 4.25. The third-order valence-corrected chi connectivity index (χ3v) is 4.25. The number of esters is 1. The molecule has 0 bridgehead atoms. The molecule has 6 heteroatoms. The zero-order chi connectivity index (χ0) is 17.3. The van der Waals surface area contributed by atoms with E-state index in [1.165, 1.54) is 7.11 Å². The van der Waals surface area contributed by atoms with Gasteiger partial charge in [-0.2, -0.15) is 0 Å². The molecule has 0 radical (unpaired) electrons. The Hall–Kier alpha value is -2.76. The molecule has 2 heterocycles. The van der Waals surface area contributed by atoms with Crippen LogP contribution in [0, 0.1) is 0 Å². The summed E-state index contributed by atoms with van der Waals surface area (Å²) >= 11 is 0. The molecule has 126 valence electrons. The van der Waals surface area contributed by atoms with Crippen molar-refractivity contribution in [3.63, 3.8) is 0 Å². The molecule has 2 aromatic rings. The van der Waals surface area contributed by atoms with Crippen molar-refractivity contribution in [3.05, 3.63) is 45.7 Å². The molecular formula is C18H20N2O4. The van der Waals surface area contributed by atoms with Crippen LogP contribution in [-0.2, 0) is 11.2 Å². The molecule has 24 heavy (non-hydrogen) atoms. The second-order valence-corrected chi connectivity index (χ2v) is 5.71. The van der Waals surface area contributed by atoms with Gasteiger partial charge in [-0.3, -0.25) is 4.79 Å². The van der Waals surface area contributed by atoms with Gasteiger partial charge in [-0.05, 0) is 30.2 Å². The summed E-state index contributed by atoms with van der Waals surface area (Å²) in [6, 6.07) is 7.46. The quantitative estimate of drug-likeness (QED) is 0.875. The second-order valence-electron chi connectivity index (χ2n) is 5.71. The number of benzene rings is 1. The van der Waals surface area contributed by atoms with Crippen LogP contribution < -0.4 is 15.2 Å². The molecule has 1 aromatic carbocycles. The number of carbonyl (C=O) groups is 1. The number of nitrogens with one attached hydrogen (secondary N) is 1. The van der Waals surface area contributed by atoms with Gasteiger partial charge in [-0.15, -0.1) is 0 Å². The van der Waals surface area contributed by atoms with E-state index in [2.05, 4.69) is 14.6 Å². The van der Waals surface area contributed by atoms with Crippen LogP contribution in [-0.4, -0.2) is 38.3 Å². The number of rotatable bonds is 3. The van der Waals surface area contributed by atoms with E-state index in [1.807, 2.05) is 32.2 Å². The number of aryl methyl sites for hydroxylation is 1. The number of carbonyl (C=O) groups excluding carboxylic acids is 1. The summed E-state index contributed by atoms with van der Waals surface area (Å²) in [6.07, 6.45) is 0.675. The summed E-state index contributed by atoms with van der Waals surface area (Å²) in [5.74, 6) is 0.161. The van der Waals surface area contributed by atoms with Gasteiger partial charge in [0.05, 0.1) is 25.0 Å². The predicted molar refractivity (Wildman–Crippen MR) is 92.0 cm³/mol. The van der Waals surface area contributed by atoms with Gasteiger partial charge in [0.25, 0.3) is 5.56 Å². The summed E-state index contributed by atoms with van der Waals surface area (Å²) < 4.78 is 10.4. The Bertz CT molecular complexity index is 841. The van der Waals surface area contributed by atoms with E-state index in [1.54, 1.807) is 6.07 Å². The lowest BCUT2D eigenvalue weighted by atomic mass is 10.0. The highest BCUT2D eigenvalue weighted by atomic mass is 16.5. The first-order valence-electron chi connectivity index (χ1n) is 7.88. The van der Waals surface area contributed by atoms with Gasteiger partial charge in [0, 0.05) is 12.6 Å². The molecule has 1 aliphatic heterocycles. The lowest BCUT2D eigenvalue weighted by molar-refractivity contribution is 0.0598. The maximum atomic E-state index is 12.2. The van der Waals surface area contributed by atoms with Crippen LogP contribution in [0.1, 0.15) is 22.8 Å². The topological polar surface area (TPSA) is 71.6 Å². The van der Waals surface area contributed by atoms with Crippen LogP contribution in [0.5, 0.6) is 5.75 Å². The van der Waals surface area contributed by atoms with Gasteiger partial charge in [0.15, 0.2) is 0 Å². The Labute approximate surface area is 140 Å². The number of aromatic amines is 1. The summed E-state index contributed by atoms with van der Waals surface area (Å²) in [5, 5.41) is 0. The van der Waals surface area contributed by atoms with Crippen molar-refractivity contribution in [2.24, 2.45) is 0 Å². The number of methoxy groups -OCH3 is 1. The number of hydrogen-bond acceptors (Lipinski definition) is 5. The number of pyridine rings is 1. The number of anilines is 1. The average Bonchev–Trinajstić information content (AvgIpc) is 2.60. The van der Waals surface area contributed by atoms with Crippen molar-refractivity contribution in [2.45, 2.75) is 13.3 Å². The molecule has 1 aromatic heterocycles. The molecule has 0 spiro atoms. The fraction of sp³-hybridized carbons (Fsp3) is 0.333. The normalized spacial score (nSPS) is 13.2. The van der Waals surface area contributed by atoms with Crippen LogP contribution >= 0.6 is 0 Å². The smallest absolute Gasteiger partial charge is 0.343 e. The van der Waals surface area contributed by atoms with Gasteiger partial charge in [0.1, 0.15) is 17.9 Å². The van der Waals surface area contributed by atoms with Crippen LogP contribution in [0.2, 0.25) is 0 Å². The molecule has 0 aliphatic carbocycles. The SMILES string of the molecule is CCc1cc(C(=O)OC)c(=O)[nH]c1-c1ccc2c(c1)OCCN2C. The number of nitrogens with zero attached hydrogens (tertiary/aromatic N) is 1. The first-order chi connectivity index (χ1) is 11.5. The summed E-state index contributed by atoms with van der Waals surface area (Å²) in [4.78, 5) is 28.9. The zero-order valence-corrected chi connectivity index (χ0v) is 14.0.